The Bertz CT molecular complexity index is 314. The highest BCUT2D eigenvalue weighted by atomic mass is 15.2. The van der Waals surface area contributed by atoms with Gasteiger partial charge < -0.3 is 0 Å². The Morgan fingerprint density at radius 3 is 2.67 bits per heavy atom. The molecule has 3 rings (SSSR count). The molecule has 1 aromatic rings. The highest BCUT2D eigenvalue weighted by Crippen LogP contribution is 2.28. The fourth-order valence-electron chi connectivity index (χ4n) is 2.73. The summed E-state index contributed by atoms with van der Waals surface area (Å²) in [7, 11) is 0. The molecule has 78 valence electrons. The zero-order chi connectivity index (χ0) is 10.1. The van der Waals surface area contributed by atoms with Crippen LogP contribution in [-0.2, 0) is 6.42 Å². The van der Waals surface area contributed by atoms with Crippen molar-refractivity contribution in [2.24, 2.45) is 0 Å². The summed E-state index contributed by atoms with van der Waals surface area (Å²) >= 11 is 0. The smallest absolute Gasteiger partial charge is 0.0357 e. The van der Waals surface area contributed by atoms with Gasteiger partial charge in [0.15, 0.2) is 0 Å². The standard InChI is InChI=1S/C14H17N/c1-4-8-15(9-5-1)14-10-12-6-2-3-7-13(12)11-14/h2-3,6-7,14H,1,4-5,8-10H2. The van der Waals surface area contributed by atoms with Gasteiger partial charge in [-0.05, 0) is 43.5 Å². The lowest BCUT2D eigenvalue weighted by molar-refractivity contribution is 0.187. The second-order valence-electron chi connectivity index (χ2n) is 4.62. The number of hydrogen-bond donors (Lipinski definition) is 0. The van der Waals surface area contributed by atoms with E-state index in [4.69, 9.17) is 0 Å². The van der Waals surface area contributed by atoms with Crippen molar-refractivity contribution in [2.45, 2.75) is 31.7 Å². The Kier molecular flexibility index (Phi) is 2.49. The number of hydrogen-bond acceptors (Lipinski definition) is 1. The Balaban J connectivity index is 1.72. The molecular formula is C14H17N. The molecule has 2 radical (unpaired) electrons. The van der Waals surface area contributed by atoms with Crippen LogP contribution in [0.25, 0.3) is 0 Å². The largest absolute Gasteiger partial charge is 0.299 e. The van der Waals surface area contributed by atoms with Gasteiger partial charge in [0.1, 0.15) is 0 Å². The van der Waals surface area contributed by atoms with Crippen molar-refractivity contribution in [1.29, 1.82) is 0 Å². The SMILES string of the molecule is [C]1c2ccccc2CC1N1CCCCC1. The molecule has 0 aromatic heterocycles. The average molecular weight is 199 g/mol. The van der Waals surface area contributed by atoms with E-state index in [0.29, 0.717) is 6.04 Å². The molecule has 0 saturated carbocycles. The molecule has 0 bridgehead atoms. The van der Waals surface area contributed by atoms with Crippen LogP contribution in [0.3, 0.4) is 0 Å². The second kappa shape index (κ2) is 3.97. The van der Waals surface area contributed by atoms with Crippen molar-refractivity contribution in [1.82, 2.24) is 4.90 Å². The normalized spacial score (nSPS) is 22.9. The molecule has 1 unspecified atom stereocenters. The first-order valence-electron chi connectivity index (χ1n) is 6.02. The molecule has 1 aliphatic carbocycles. The second-order valence-corrected chi connectivity index (χ2v) is 4.62. The van der Waals surface area contributed by atoms with Crippen LogP contribution in [-0.4, -0.2) is 24.0 Å². The fourth-order valence-corrected chi connectivity index (χ4v) is 2.73. The van der Waals surface area contributed by atoms with Crippen LogP contribution in [0.4, 0.5) is 0 Å². The maximum atomic E-state index is 3.63. The molecule has 1 aliphatic heterocycles. The molecule has 0 amide bonds. The van der Waals surface area contributed by atoms with E-state index in [0.717, 1.165) is 0 Å². The van der Waals surface area contributed by atoms with Crippen molar-refractivity contribution >= 4 is 0 Å². The molecule has 1 heteroatoms. The number of benzene rings is 1. The lowest BCUT2D eigenvalue weighted by Crippen LogP contribution is -2.38. The summed E-state index contributed by atoms with van der Waals surface area (Å²) in [5.41, 5.74) is 2.82. The molecule has 1 saturated heterocycles. The van der Waals surface area contributed by atoms with Crippen LogP contribution in [0.2, 0.25) is 0 Å². The number of likely N-dealkylation sites (tertiary alicyclic amines) is 1. The zero-order valence-electron chi connectivity index (χ0n) is 9.08. The van der Waals surface area contributed by atoms with Crippen LogP contribution in [0, 0.1) is 6.42 Å². The Labute approximate surface area is 92.1 Å². The van der Waals surface area contributed by atoms with E-state index in [2.05, 4.69) is 35.6 Å². The predicted molar refractivity (Wildman–Crippen MR) is 61.7 cm³/mol. The minimum Gasteiger partial charge on any atom is -0.299 e. The monoisotopic (exact) mass is 199 g/mol. The van der Waals surface area contributed by atoms with Gasteiger partial charge in [-0.25, -0.2) is 0 Å². The topological polar surface area (TPSA) is 3.24 Å². The minimum atomic E-state index is 0.558. The molecular weight excluding hydrogens is 182 g/mol. The van der Waals surface area contributed by atoms with E-state index in [1.54, 1.807) is 0 Å². The van der Waals surface area contributed by atoms with E-state index in [1.165, 1.54) is 49.9 Å². The molecule has 1 atom stereocenters. The third kappa shape index (κ3) is 1.81. The molecule has 1 aromatic carbocycles. The number of fused-ring (bicyclic) bond motifs is 1. The van der Waals surface area contributed by atoms with Crippen LogP contribution < -0.4 is 0 Å². The summed E-state index contributed by atoms with van der Waals surface area (Å²) in [6.07, 6.45) is 8.96. The quantitative estimate of drug-likeness (QED) is 0.672. The van der Waals surface area contributed by atoms with Crippen molar-refractivity contribution in [3.8, 4) is 0 Å². The average Bonchev–Trinajstić information content (AvgIpc) is 2.74. The molecule has 0 spiro atoms. The van der Waals surface area contributed by atoms with Crippen LogP contribution in [0.5, 0.6) is 0 Å². The van der Waals surface area contributed by atoms with Crippen LogP contribution in [0.1, 0.15) is 30.4 Å². The van der Waals surface area contributed by atoms with Crippen molar-refractivity contribution in [3.63, 3.8) is 0 Å². The summed E-state index contributed by atoms with van der Waals surface area (Å²) in [6.45, 7) is 2.54. The molecule has 15 heavy (non-hydrogen) atoms. The van der Waals surface area contributed by atoms with Gasteiger partial charge in [0.25, 0.3) is 0 Å². The minimum absolute atomic E-state index is 0.558. The fraction of sp³-hybridized carbons (Fsp3) is 0.500. The highest BCUT2D eigenvalue weighted by Gasteiger charge is 2.27. The Morgan fingerprint density at radius 2 is 1.87 bits per heavy atom. The van der Waals surface area contributed by atoms with E-state index in [-0.39, 0.29) is 0 Å². The van der Waals surface area contributed by atoms with Gasteiger partial charge in [0.2, 0.25) is 0 Å². The van der Waals surface area contributed by atoms with Crippen molar-refractivity contribution < 1.29 is 0 Å². The molecule has 2 aliphatic rings. The molecule has 1 nitrogen and oxygen atoms in total. The first-order valence-corrected chi connectivity index (χ1v) is 6.02. The van der Waals surface area contributed by atoms with Gasteiger partial charge in [-0.3, -0.25) is 4.90 Å². The van der Waals surface area contributed by atoms with Crippen molar-refractivity contribution in [2.75, 3.05) is 13.1 Å². The lowest BCUT2D eigenvalue weighted by Gasteiger charge is -2.31. The first kappa shape index (κ1) is 9.41. The number of nitrogens with zero attached hydrogens (tertiary/aromatic N) is 1. The maximum absolute atomic E-state index is 3.63. The first-order chi connectivity index (χ1) is 7.43. The predicted octanol–water partition coefficient (Wildman–Crippen LogP) is 2.53. The third-order valence-corrected chi connectivity index (χ3v) is 3.58. The highest BCUT2D eigenvalue weighted by molar-refractivity contribution is 5.40. The van der Waals surface area contributed by atoms with E-state index in [1.807, 2.05) is 0 Å². The Morgan fingerprint density at radius 1 is 1.07 bits per heavy atom. The Hall–Kier alpha value is -0.820. The van der Waals surface area contributed by atoms with Gasteiger partial charge in [-0.15, -0.1) is 0 Å². The maximum Gasteiger partial charge on any atom is 0.0357 e. The van der Waals surface area contributed by atoms with Gasteiger partial charge in [-0.1, -0.05) is 30.7 Å². The molecule has 1 fully saturated rings. The van der Waals surface area contributed by atoms with Crippen molar-refractivity contribution in [3.05, 3.63) is 41.8 Å². The van der Waals surface area contributed by atoms with Gasteiger partial charge in [0.05, 0.1) is 0 Å². The molecule has 1 heterocycles. The van der Waals surface area contributed by atoms with Gasteiger partial charge in [0, 0.05) is 12.5 Å². The molecule has 0 N–H and O–H groups in total. The van der Waals surface area contributed by atoms with Crippen LogP contribution >= 0.6 is 0 Å². The van der Waals surface area contributed by atoms with E-state index >= 15 is 0 Å². The summed E-state index contributed by atoms with van der Waals surface area (Å²) in [5, 5.41) is 0. The summed E-state index contributed by atoms with van der Waals surface area (Å²) in [4.78, 5) is 2.60. The number of piperidine rings is 1. The third-order valence-electron chi connectivity index (χ3n) is 3.58. The van der Waals surface area contributed by atoms with Crippen LogP contribution in [0.15, 0.2) is 24.3 Å². The zero-order valence-corrected chi connectivity index (χ0v) is 9.08. The summed E-state index contributed by atoms with van der Waals surface area (Å²) in [6, 6.07) is 9.25. The lowest BCUT2D eigenvalue weighted by atomic mass is 10.1. The van der Waals surface area contributed by atoms with E-state index < -0.39 is 0 Å². The van der Waals surface area contributed by atoms with Gasteiger partial charge in [-0.2, -0.15) is 0 Å². The summed E-state index contributed by atoms with van der Waals surface area (Å²) in [5.74, 6) is 0. The number of rotatable bonds is 1. The van der Waals surface area contributed by atoms with Gasteiger partial charge >= 0.3 is 0 Å². The summed E-state index contributed by atoms with van der Waals surface area (Å²) < 4.78 is 0. The van der Waals surface area contributed by atoms with E-state index in [9.17, 15) is 0 Å².